The zero-order valence-electron chi connectivity index (χ0n) is 9.70. The Kier molecular flexibility index (Phi) is 2.52. The third kappa shape index (κ3) is 2.16. The number of nitrogens with zero attached hydrogens (tertiary/aromatic N) is 3. The molecule has 0 atom stereocenters. The Morgan fingerprint density at radius 3 is 2.31 bits per heavy atom. The van der Waals surface area contributed by atoms with E-state index in [1.807, 2.05) is 6.92 Å². The molecule has 4 heteroatoms. The lowest BCUT2D eigenvalue weighted by molar-refractivity contribution is 0.223. The minimum absolute atomic E-state index is 0.660. The average Bonchev–Trinajstić information content (AvgIpc) is 3.05. The SMILES string of the molecule is Cc1nnc(CN2CCC(=C3CC3)CC2)o1. The van der Waals surface area contributed by atoms with E-state index in [1.165, 1.54) is 25.7 Å². The van der Waals surface area contributed by atoms with Gasteiger partial charge in [0.25, 0.3) is 0 Å². The number of aromatic nitrogens is 2. The summed E-state index contributed by atoms with van der Waals surface area (Å²) in [5, 5.41) is 7.89. The molecule has 0 bridgehead atoms. The highest BCUT2D eigenvalue weighted by Gasteiger charge is 2.22. The van der Waals surface area contributed by atoms with Crippen molar-refractivity contribution in [2.45, 2.75) is 39.2 Å². The Balaban J connectivity index is 1.56. The lowest BCUT2D eigenvalue weighted by Gasteiger charge is -2.26. The van der Waals surface area contributed by atoms with E-state index in [9.17, 15) is 0 Å². The van der Waals surface area contributed by atoms with Crippen LogP contribution in [0.4, 0.5) is 0 Å². The van der Waals surface area contributed by atoms with Crippen molar-refractivity contribution in [1.29, 1.82) is 0 Å². The highest BCUT2D eigenvalue weighted by molar-refractivity contribution is 5.26. The molecule has 1 aromatic rings. The van der Waals surface area contributed by atoms with Gasteiger partial charge >= 0.3 is 0 Å². The Bertz CT molecular complexity index is 406. The van der Waals surface area contributed by atoms with E-state index in [-0.39, 0.29) is 0 Å². The number of piperidine rings is 1. The number of hydrogen-bond acceptors (Lipinski definition) is 4. The van der Waals surface area contributed by atoms with Crippen molar-refractivity contribution in [3.05, 3.63) is 22.9 Å². The molecule has 86 valence electrons. The number of hydrogen-bond donors (Lipinski definition) is 0. The van der Waals surface area contributed by atoms with Gasteiger partial charge in [0.2, 0.25) is 11.8 Å². The molecule has 0 unspecified atom stereocenters. The lowest BCUT2D eigenvalue weighted by Crippen LogP contribution is -2.30. The van der Waals surface area contributed by atoms with Crippen LogP contribution in [0.1, 0.15) is 37.5 Å². The van der Waals surface area contributed by atoms with Crippen LogP contribution in [0, 0.1) is 6.92 Å². The van der Waals surface area contributed by atoms with Crippen molar-refractivity contribution >= 4 is 0 Å². The van der Waals surface area contributed by atoms with Gasteiger partial charge in [-0.15, -0.1) is 10.2 Å². The van der Waals surface area contributed by atoms with Gasteiger partial charge in [-0.1, -0.05) is 11.1 Å². The van der Waals surface area contributed by atoms with E-state index >= 15 is 0 Å². The van der Waals surface area contributed by atoms with E-state index in [4.69, 9.17) is 4.42 Å². The molecular weight excluding hydrogens is 202 g/mol. The Morgan fingerprint density at radius 2 is 1.75 bits per heavy atom. The van der Waals surface area contributed by atoms with Gasteiger partial charge in [-0.2, -0.15) is 0 Å². The molecule has 1 saturated carbocycles. The zero-order valence-corrected chi connectivity index (χ0v) is 9.70. The molecule has 3 rings (SSSR count). The monoisotopic (exact) mass is 219 g/mol. The van der Waals surface area contributed by atoms with Crippen molar-refractivity contribution in [2.75, 3.05) is 13.1 Å². The summed E-state index contributed by atoms with van der Waals surface area (Å²) >= 11 is 0. The fraction of sp³-hybridized carbons (Fsp3) is 0.667. The minimum Gasteiger partial charge on any atom is -0.424 e. The van der Waals surface area contributed by atoms with Crippen molar-refractivity contribution < 1.29 is 4.42 Å². The summed E-state index contributed by atoms with van der Waals surface area (Å²) < 4.78 is 5.40. The van der Waals surface area contributed by atoms with Gasteiger partial charge in [-0.05, 0) is 25.7 Å². The molecule has 2 aliphatic rings. The molecule has 2 heterocycles. The van der Waals surface area contributed by atoms with Crippen LogP contribution in [0.5, 0.6) is 0 Å². The van der Waals surface area contributed by atoms with Gasteiger partial charge < -0.3 is 4.42 Å². The van der Waals surface area contributed by atoms with E-state index in [0.29, 0.717) is 5.89 Å². The third-order valence-corrected chi connectivity index (χ3v) is 3.39. The molecule has 0 spiro atoms. The first-order valence-electron chi connectivity index (χ1n) is 6.02. The summed E-state index contributed by atoms with van der Waals surface area (Å²) in [6.45, 7) is 4.92. The van der Waals surface area contributed by atoms with Gasteiger partial charge in [-0.25, -0.2) is 0 Å². The van der Waals surface area contributed by atoms with Gasteiger partial charge in [0.05, 0.1) is 6.54 Å². The molecule has 4 nitrogen and oxygen atoms in total. The van der Waals surface area contributed by atoms with E-state index < -0.39 is 0 Å². The number of rotatable bonds is 2. The Hall–Kier alpha value is -1.16. The van der Waals surface area contributed by atoms with Crippen LogP contribution in [0.15, 0.2) is 15.6 Å². The number of likely N-dealkylation sites (tertiary alicyclic amines) is 1. The van der Waals surface area contributed by atoms with Gasteiger partial charge in [0.1, 0.15) is 0 Å². The molecule has 0 amide bonds. The quantitative estimate of drug-likeness (QED) is 0.714. The number of aryl methyl sites for hydroxylation is 1. The summed E-state index contributed by atoms with van der Waals surface area (Å²) in [5.74, 6) is 1.41. The highest BCUT2D eigenvalue weighted by Crippen LogP contribution is 2.36. The zero-order chi connectivity index (χ0) is 11.0. The number of allylic oxidation sites excluding steroid dienone is 1. The average molecular weight is 219 g/mol. The van der Waals surface area contributed by atoms with Crippen LogP contribution in [0.2, 0.25) is 0 Å². The fourth-order valence-corrected chi connectivity index (χ4v) is 2.34. The van der Waals surface area contributed by atoms with Crippen LogP contribution in [-0.2, 0) is 6.54 Å². The van der Waals surface area contributed by atoms with Gasteiger partial charge in [-0.3, -0.25) is 4.90 Å². The molecule has 2 fully saturated rings. The van der Waals surface area contributed by atoms with E-state index in [1.54, 1.807) is 11.1 Å². The Morgan fingerprint density at radius 1 is 1.06 bits per heavy atom. The second-order valence-corrected chi connectivity index (χ2v) is 4.70. The van der Waals surface area contributed by atoms with Crippen LogP contribution in [0.3, 0.4) is 0 Å². The van der Waals surface area contributed by atoms with Crippen molar-refractivity contribution in [3.8, 4) is 0 Å². The maximum absolute atomic E-state index is 5.40. The molecule has 16 heavy (non-hydrogen) atoms. The smallest absolute Gasteiger partial charge is 0.230 e. The molecule has 0 radical (unpaired) electrons. The third-order valence-electron chi connectivity index (χ3n) is 3.39. The van der Waals surface area contributed by atoms with Gasteiger partial charge in [0.15, 0.2) is 0 Å². The van der Waals surface area contributed by atoms with Crippen LogP contribution in [0.25, 0.3) is 0 Å². The normalized spacial score (nSPS) is 21.6. The molecule has 1 saturated heterocycles. The molecule has 1 aromatic heterocycles. The largest absolute Gasteiger partial charge is 0.424 e. The van der Waals surface area contributed by atoms with E-state index in [0.717, 1.165) is 25.5 Å². The van der Waals surface area contributed by atoms with Gasteiger partial charge in [0, 0.05) is 20.0 Å². The Labute approximate surface area is 95.3 Å². The molecule has 0 N–H and O–H groups in total. The fourth-order valence-electron chi connectivity index (χ4n) is 2.34. The van der Waals surface area contributed by atoms with Crippen LogP contribution >= 0.6 is 0 Å². The topological polar surface area (TPSA) is 42.2 Å². The van der Waals surface area contributed by atoms with Crippen LogP contribution in [-0.4, -0.2) is 28.2 Å². The minimum atomic E-state index is 0.660. The van der Waals surface area contributed by atoms with Crippen LogP contribution < -0.4 is 0 Å². The summed E-state index contributed by atoms with van der Waals surface area (Å²) in [6.07, 6.45) is 5.20. The molecule has 1 aliphatic heterocycles. The summed E-state index contributed by atoms with van der Waals surface area (Å²) in [6, 6.07) is 0. The standard InChI is InChI=1S/C12H17N3O/c1-9-13-14-12(16-9)8-15-6-4-11(5-7-15)10-2-3-10/h2-8H2,1H3. The predicted octanol–water partition coefficient (Wildman–Crippen LogP) is 2.06. The first-order chi connectivity index (χ1) is 7.81. The van der Waals surface area contributed by atoms with Crippen molar-refractivity contribution in [3.63, 3.8) is 0 Å². The first-order valence-corrected chi connectivity index (χ1v) is 6.02. The first kappa shape index (κ1) is 10.0. The molecular formula is C12H17N3O. The maximum Gasteiger partial charge on any atom is 0.230 e. The second-order valence-electron chi connectivity index (χ2n) is 4.70. The van der Waals surface area contributed by atoms with E-state index in [2.05, 4.69) is 15.1 Å². The summed E-state index contributed by atoms with van der Waals surface area (Å²) in [4.78, 5) is 2.40. The summed E-state index contributed by atoms with van der Waals surface area (Å²) in [7, 11) is 0. The molecule has 0 aromatic carbocycles. The maximum atomic E-state index is 5.40. The lowest BCUT2D eigenvalue weighted by atomic mass is 10.0. The second kappa shape index (κ2) is 4.01. The highest BCUT2D eigenvalue weighted by atomic mass is 16.4. The predicted molar refractivity (Wildman–Crippen MR) is 59.8 cm³/mol. The molecule has 1 aliphatic carbocycles. The van der Waals surface area contributed by atoms with Crippen molar-refractivity contribution in [2.24, 2.45) is 0 Å². The van der Waals surface area contributed by atoms with Crippen molar-refractivity contribution in [1.82, 2.24) is 15.1 Å². The summed E-state index contributed by atoms with van der Waals surface area (Å²) in [5.41, 5.74) is 3.45.